The van der Waals surface area contributed by atoms with Crippen molar-refractivity contribution in [1.82, 2.24) is 8.43 Å². The zero-order valence-corrected chi connectivity index (χ0v) is 6.76. The maximum absolute atomic E-state index is 3.39. The first-order chi connectivity index (χ1) is 3.86. The van der Waals surface area contributed by atoms with Crippen LogP contribution in [-0.4, -0.2) is 28.8 Å². The van der Waals surface area contributed by atoms with Gasteiger partial charge in [-0.05, 0) is 0 Å². The summed E-state index contributed by atoms with van der Waals surface area (Å²) in [6.07, 6.45) is 0. The van der Waals surface area contributed by atoms with E-state index in [0.717, 1.165) is 12.0 Å². The van der Waals surface area contributed by atoms with Crippen molar-refractivity contribution in [2.45, 2.75) is 6.04 Å². The van der Waals surface area contributed by atoms with Gasteiger partial charge >= 0.3 is 0 Å². The van der Waals surface area contributed by atoms with Gasteiger partial charge < -0.3 is 5.32 Å². The van der Waals surface area contributed by atoms with Crippen LogP contribution in [0, 0.1) is 5.92 Å². The van der Waals surface area contributed by atoms with E-state index in [0.29, 0.717) is 0 Å². The molecule has 0 bridgehead atoms. The van der Waals surface area contributed by atoms with Gasteiger partial charge in [0.05, 0.1) is 0 Å². The Balaban J connectivity index is 2.00. The molecular formula is C5H9IN2. The Morgan fingerprint density at radius 3 is 2.62 bits per heavy atom. The summed E-state index contributed by atoms with van der Waals surface area (Å²) in [6, 6.07) is 0.840. The normalized spacial score (nSPS) is 46.1. The molecule has 2 fully saturated rings. The lowest BCUT2D eigenvalue weighted by molar-refractivity contribution is 0.297. The van der Waals surface area contributed by atoms with Crippen LogP contribution < -0.4 is 5.32 Å². The highest BCUT2D eigenvalue weighted by Gasteiger charge is 2.37. The fraction of sp³-hybridized carbons (Fsp3) is 1.00. The molecule has 2 aliphatic heterocycles. The van der Waals surface area contributed by atoms with Gasteiger partial charge in [-0.15, -0.1) is 0 Å². The average molecular weight is 224 g/mol. The highest BCUT2D eigenvalue weighted by atomic mass is 127. The van der Waals surface area contributed by atoms with Crippen molar-refractivity contribution in [3.63, 3.8) is 0 Å². The largest absolute Gasteiger partial charge is 0.312 e. The first kappa shape index (κ1) is 5.44. The van der Waals surface area contributed by atoms with Crippen molar-refractivity contribution < 1.29 is 0 Å². The third-order valence-corrected chi connectivity index (χ3v) is 2.83. The molecular weight excluding hydrogens is 215 g/mol. The Morgan fingerprint density at radius 2 is 2.38 bits per heavy atom. The molecule has 2 atom stereocenters. The second kappa shape index (κ2) is 1.82. The summed E-state index contributed by atoms with van der Waals surface area (Å²) < 4.78 is 2.37. The summed E-state index contributed by atoms with van der Waals surface area (Å²) >= 11 is 2.40. The zero-order valence-electron chi connectivity index (χ0n) is 4.60. The van der Waals surface area contributed by atoms with Gasteiger partial charge in [-0.2, -0.15) is 0 Å². The van der Waals surface area contributed by atoms with Crippen LogP contribution in [0.3, 0.4) is 0 Å². The summed E-state index contributed by atoms with van der Waals surface area (Å²) in [7, 11) is 0. The van der Waals surface area contributed by atoms with Gasteiger partial charge in [-0.1, -0.05) is 0 Å². The first-order valence-electron chi connectivity index (χ1n) is 3.00. The van der Waals surface area contributed by atoms with Gasteiger partial charge in [-0.3, -0.25) is 0 Å². The average Bonchev–Trinajstić information content (AvgIpc) is 1.91. The van der Waals surface area contributed by atoms with Crippen LogP contribution in [0.25, 0.3) is 0 Å². The number of nitrogens with zero attached hydrogens (tertiary/aromatic N) is 1. The number of hydrogen-bond donors (Lipinski definition) is 1. The van der Waals surface area contributed by atoms with Gasteiger partial charge in [0, 0.05) is 54.5 Å². The fourth-order valence-corrected chi connectivity index (χ4v) is 2.33. The maximum Gasteiger partial charge on any atom is 0.0256 e. The van der Waals surface area contributed by atoms with Crippen molar-refractivity contribution in [3.8, 4) is 0 Å². The number of halogens is 1. The smallest absolute Gasteiger partial charge is 0.0256 e. The van der Waals surface area contributed by atoms with E-state index in [1.807, 2.05) is 0 Å². The molecule has 46 valence electrons. The molecule has 2 heterocycles. The van der Waals surface area contributed by atoms with E-state index in [2.05, 4.69) is 31.3 Å². The minimum atomic E-state index is 0.840. The van der Waals surface area contributed by atoms with E-state index in [-0.39, 0.29) is 0 Å². The summed E-state index contributed by atoms with van der Waals surface area (Å²) in [5, 5.41) is 3.39. The predicted octanol–water partition coefficient (Wildman–Crippen LogP) is 0.240. The summed E-state index contributed by atoms with van der Waals surface area (Å²) in [4.78, 5) is 0. The predicted molar refractivity (Wildman–Crippen MR) is 40.9 cm³/mol. The van der Waals surface area contributed by atoms with Crippen LogP contribution >= 0.6 is 22.9 Å². The zero-order chi connectivity index (χ0) is 5.56. The minimum absolute atomic E-state index is 0.840. The molecule has 0 spiro atoms. The SMILES string of the molecule is IN1CC2CNC2C1. The van der Waals surface area contributed by atoms with E-state index in [4.69, 9.17) is 0 Å². The summed E-state index contributed by atoms with van der Waals surface area (Å²) in [5.41, 5.74) is 0. The molecule has 0 saturated carbocycles. The molecule has 8 heavy (non-hydrogen) atoms. The topological polar surface area (TPSA) is 15.3 Å². The fourth-order valence-electron chi connectivity index (χ4n) is 1.40. The van der Waals surface area contributed by atoms with Crippen molar-refractivity contribution in [1.29, 1.82) is 0 Å². The molecule has 2 aliphatic rings. The monoisotopic (exact) mass is 224 g/mol. The number of fused-ring (bicyclic) bond motifs is 1. The summed E-state index contributed by atoms with van der Waals surface area (Å²) in [5.74, 6) is 0.979. The Hall–Kier alpha value is 0.650. The van der Waals surface area contributed by atoms with E-state index < -0.39 is 0 Å². The van der Waals surface area contributed by atoms with Crippen LogP contribution in [0.1, 0.15) is 0 Å². The number of nitrogens with one attached hydrogen (secondary N) is 1. The highest BCUT2D eigenvalue weighted by molar-refractivity contribution is 14.1. The molecule has 2 nitrogen and oxygen atoms in total. The second-order valence-electron chi connectivity index (χ2n) is 2.60. The molecule has 0 amide bonds. The number of rotatable bonds is 0. The highest BCUT2D eigenvalue weighted by Crippen LogP contribution is 2.25. The van der Waals surface area contributed by atoms with Gasteiger partial charge in [0.15, 0.2) is 0 Å². The lowest BCUT2D eigenvalue weighted by Gasteiger charge is -2.30. The van der Waals surface area contributed by atoms with Crippen LogP contribution in [0.15, 0.2) is 0 Å². The van der Waals surface area contributed by atoms with Crippen LogP contribution in [-0.2, 0) is 0 Å². The van der Waals surface area contributed by atoms with E-state index in [9.17, 15) is 0 Å². The van der Waals surface area contributed by atoms with Gasteiger partial charge in [0.2, 0.25) is 0 Å². The molecule has 2 unspecified atom stereocenters. The molecule has 0 aromatic rings. The van der Waals surface area contributed by atoms with Crippen molar-refractivity contribution in [2.24, 2.45) is 5.92 Å². The Bertz CT molecular complexity index is 94.6. The molecule has 0 aromatic heterocycles. The molecule has 2 saturated heterocycles. The Labute approximate surface area is 63.1 Å². The van der Waals surface area contributed by atoms with Crippen molar-refractivity contribution in [2.75, 3.05) is 19.6 Å². The van der Waals surface area contributed by atoms with E-state index in [1.165, 1.54) is 19.6 Å². The number of hydrogen-bond acceptors (Lipinski definition) is 2. The van der Waals surface area contributed by atoms with Crippen molar-refractivity contribution in [3.05, 3.63) is 0 Å². The Kier molecular flexibility index (Phi) is 1.23. The van der Waals surface area contributed by atoms with Crippen LogP contribution in [0.4, 0.5) is 0 Å². The van der Waals surface area contributed by atoms with Gasteiger partial charge in [0.25, 0.3) is 0 Å². The van der Waals surface area contributed by atoms with E-state index >= 15 is 0 Å². The molecule has 0 aliphatic carbocycles. The van der Waals surface area contributed by atoms with Gasteiger partial charge in [0.1, 0.15) is 0 Å². The lowest BCUT2D eigenvalue weighted by atomic mass is 9.96. The van der Waals surface area contributed by atoms with Crippen LogP contribution in [0.2, 0.25) is 0 Å². The minimum Gasteiger partial charge on any atom is -0.312 e. The molecule has 0 aromatic carbocycles. The van der Waals surface area contributed by atoms with Crippen LogP contribution in [0.5, 0.6) is 0 Å². The van der Waals surface area contributed by atoms with Crippen molar-refractivity contribution >= 4 is 22.9 Å². The standard InChI is InChI=1S/C5H9IN2/c6-8-2-4-1-7-5(4)3-8/h4-5,7H,1-3H2. The second-order valence-corrected chi connectivity index (χ2v) is 3.97. The molecule has 1 N–H and O–H groups in total. The quantitative estimate of drug-likeness (QED) is 0.468. The first-order valence-corrected chi connectivity index (χ1v) is 3.97. The molecule has 3 heteroatoms. The third-order valence-electron chi connectivity index (χ3n) is 2.04. The van der Waals surface area contributed by atoms with E-state index in [1.54, 1.807) is 0 Å². The van der Waals surface area contributed by atoms with Gasteiger partial charge in [-0.25, -0.2) is 3.11 Å². The third kappa shape index (κ3) is 0.681. The molecule has 0 radical (unpaired) electrons. The lowest BCUT2D eigenvalue weighted by Crippen LogP contribution is -2.51. The maximum atomic E-state index is 3.39. The Morgan fingerprint density at radius 1 is 1.50 bits per heavy atom. The summed E-state index contributed by atoms with van der Waals surface area (Å²) in [6.45, 7) is 3.81. The molecule has 2 rings (SSSR count).